The summed E-state index contributed by atoms with van der Waals surface area (Å²) in [6, 6.07) is 0. The summed E-state index contributed by atoms with van der Waals surface area (Å²) in [7, 11) is 1.25. The highest BCUT2D eigenvalue weighted by Crippen LogP contribution is 2.24. The number of ether oxygens (including phenoxy) is 1. The summed E-state index contributed by atoms with van der Waals surface area (Å²) in [4.78, 5) is 29.4. The molecule has 0 aliphatic heterocycles. The molecule has 1 aromatic heterocycles. The first kappa shape index (κ1) is 15.1. The summed E-state index contributed by atoms with van der Waals surface area (Å²) >= 11 is 0. The molecular formula is C13H19N3O3. The molecule has 19 heavy (non-hydrogen) atoms. The molecular weight excluding hydrogens is 246 g/mol. The second-order valence-corrected chi connectivity index (χ2v) is 4.39. The van der Waals surface area contributed by atoms with Gasteiger partial charge in [0, 0.05) is 12.4 Å². The van der Waals surface area contributed by atoms with Gasteiger partial charge >= 0.3 is 5.97 Å². The topological polar surface area (TPSA) is 81.2 Å². The molecule has 1 aliphatic carbocycles. The van der Waals surface area contributed by atoms with Crippen LogP contribution in [-0.2, 0) is 9.53 Å². The molecule has 6 nitrogen and oxygen atoms in total. The number of hydrogen-bond acceptors (Lipinski definition) is 5. The first-order valence-corrected chi connectivity index (χ1v) is 6.24. The summed E-state index contributed by atoms with van der Waals surface area (Å²) in [5.41, 5.74) is 0.163. The smallest absolute Gasteiger partial charge is 0.325 e. The molecule has 1 aromatic rings. The zero-order valence-corrected chi connectivity index (χ0v) is 11.3. The van der Waals surface area contributed by atoms with Crippen LogP contribution < -0.4 is 5.32 Å². The van der Waals surface area contributed by atoms with Crippen LogP contribution >= 0.6 is 0 Å². The maximum Gasteiger partial charge on any atom is 0.325 e. The Hall–Kier alpha value is -1.98. The van der Waals surface area contributed by atoms with Crippen molar-refractivity contribution in [1.82, 2.24) is 15.3 Å². The lowest BCUT2D eigenvalue weighted by atomic mass is 9.88. The van der Waals surface area contributed by atoms with Gasteiger partial charge < -0.3 is 10.1 Å². The highest BCUT2D eigenvalue weighted by molar-refractivity contribution is 5.93. The van der Waals surface area contributed by atoms with Crippen molar-refractivity contribution < 1.29 is 14.3 Å². The third kappa shape index (κ3) is 5.94. The highest BCUT2D eigenvalue weighted by Gasteiger charge is 2.09. The van der Waals surface area contributed by atoms with E-state index in [0.29, 0.717) is 0 Å². The molecule has 1 amide bonds. The van der Waals surface area contributed by atoms with Crippen LogP contribution in [0, 0.1) is 5.92 Å². The minimum Gasteiger partial charge on any atom is -0.468 e. The van der Waals surface area contributed by atoms with E-state index < -0.39 is 11.9 Å². The zero-order chi connectivity index (χ0) is 14.1. The Balaban J connectivity index is 0.000000300. The number of hydrogen-bond donors (Lipinski definition) is 1. The van der Waals surface area contributed by atoms with E-state index >= 15 is 0 Å². The third-order valence-corrected chi connectivity index (χ3v) is 2.81. The number of carbonyl (C=O) groups excluding carboxylic acids is 2. The zero-order valence-electron chi connectivity index (χ0n) is 11.3. The Morgan fingerprint density at radius 1 is 1.42 bits per heavy atom. The van der Waals surface area contributed by atoms with Crippen LogP contribution in [0.3, 0.4) is 0 Å². The van der Waals surface area contributed by atoms with E-state index in [1.54, 1.807) is 0 Å². The Morgan fingerprint density at radius 2 is 2.11 bits per heavy atom. The van der Waals surface area contributed by atoms with E-state index in [0.717, 1.165) is 5.92 Å². The van der Waals surface area contributed by atoms with Crippen molar-refractivity contribution in [3.63, 3.8) is 0 Å². The lowest BCUT2D eigenvalue weighted by molar-refractivity contribution is -0.139. The summed E-state index contributed by atoms with van der Waals surface area (Å²) in [5, 5.41) is 2.33. The average molecular weight is 265 g/mol. The molecule has 0 bridgehead atoms. The molecule has 2 rings (SSSR count). The van der Waals surface area contributed by atoms with Gasteiger partial charge in [-0.15, -0.1) is 0 Å². The van der Waals surface area contributed by atoms with E-state index in [2.05, 4.69) is 26.9 Å². The molecule has 0 atom stereocenters. The molecule has 6 heteroatoms. The number of aromatic nitrogens is 2. The van der Waals surface area contributed by atoms with E-state index in [4.69, 9.17) is 0 Å². The molecule has 1 heterocycles. The summed E-state index contributed by atoms with van der Waals surface area (Å²) in [5.74, 6) is 0.0979. The van der Waals surface area contributed by atoms with Crippen LogP contribution in [0.1, 0.15) is 36.7 Å². The second-order valence-electron chi connectivity index (χ2n) is 4.39. The lowest BCUT2D eigenvalue weighted by Crippen LogP contribution is -2.30. The van der Waals surface area contributed by atoms with Crippen LogP contribution in [0.15, 0.2) is 18.6 Å². The Labute approximate surface area is 112 Å². The lowest BCUT2D eigenvalue weighted by Gasteiger charge is -2.18. The molecule has 0 aromatic carbocycles. The minimum atomic E-state index is -0.512. The molecule has 1 fully saturated rings. The maximum atomic E-state index is 11.2. The van der Waals surface area contributed by atoms with Crippen molar-refractivity contribution >= 4 is 11.9 Å². The predicted octanol–water partition coefficient (Wildman–Crippen LogP) is 1.19. The van der Waals surface area contributed by atoms with E-state index in [9.17, 15) is 9.59 Å². The first-order valence-electron chi connectivity index (χ1n) is 6.24. The van der Waals surface area contributed by atoms with Crippen LogP contribution in [0.5, 0.6) is 0 Å². The summed E-state index contributed by atoms with van der Waals surface area (Å²) < 4.78 is 4.35. The van der Waals surface area contributed by atoms with Gasteiger partial charge in [0.15, 0.2) is 0 Å². The van der Waals surface area contributed by atoms with Crippen LogP contribution in [0.25, 0.3) is 0 Å². The summed E-state index contributed by atoms with van der Waals surface area (Å²) in [6.07, 6.45) is 8.62. The van der Waals surface area contributed by atoms with Gasteiger partial charge in [-0.3, -0.25) is 14.6 Å². The Bertz CT molecular complexity index is 405. The number of amides is 1. The second kappa shape index (κ2) is 8.18. The van der Waals surface area contributed by atoms with Crippen molar-refractivity contribution in [2.45, 2.75) is 26.2 Å². The predicted molar refractivity (Wildman–Crippen MR) is 69.4 cm³/mol. The van der Waals surface area contributed by atoms with Gasteiger partial charge in [-0.05, 0) is 5.92 Å². The van der Waals surface area contributed by atoms with Crippen LogP contribution in [0.4, 0.5) is 0 Å². The number of rotatable bonds is 3. The molecule has 0 radical (unpaired) electrons. The fourth-order valence-electron chi connectivity index (χ4n) is 1.34. The fraction of sp³-hybridized carbons (Fsp3) is 0.538. The molecule has 1 saturated carbocycles. The Kier molecular flexibility index (Phi) is 6.49. The largest absolute Gasteiger partial charge is 0.468 e. The molecule has 0 unspecified atom stereocenters. The first-order chi connectivity index (χ1) is 9.13. The van der Waals surface area contributed by atoms with Crippen LogP contribution in [-0.4, -0.2) is 35.5 Å². The van der Waals surface area contributed by atoms with E-state index in [1.165, 1.54) is 45.0 Å². The van der Waals surface area contributed by atoms with Gasteiger partial charge in [0.1, 0.15) is 12.2 Å². The molecule has 1 N–H and O–H groups in total. The summed E-state index contributed by atoms with van der Waals surface area (Å²) in [6.45, 7) is 2.13. The fourth-order valence-corrected chi connectivity index (χ4v) is 1.34. The van der Waals surface area contributed by atoms with Gasteiger partial charge in [-0.2, -0.15) is 0 Å². The average Bonchev–Trinajstić information content (AvgIpc) is 2.43. The van der Waals surface area contributed by atoms with Crippen molar-refractivity contribution in [2.75, 3.05) is 13.7 Å². The normalized spacial score (nSPS) is 13.6. The van der Waals surface area contributed by atoms with E-state index in [1.807, 2.05) is 0 Å². The van der Waals surface area contributed by atoms with Gasteiger partial charge in [-0.25, -0.2) is 4.98 Å². The van der Waals surface area contributed by atoms with E-state index in [-0.39, 0.29) is 12.2 Å². The Morgan fingerprint density at radius 3 is 2.53 bits per heavy atom. The number of methoxy groups -OCH3 is 1. The minimum absolute atomic E-state index is 0.163. The van der Waals surface area contributed by atoms with Crippen molar-refractivity contribution in [2.24, 2.45) is 5.92 Å². The number of carbonyl (C=O) groups is 2. The monoisotopic (exact) mass is 265 g/mol. The molecule has 104 valence electrons. The quantitative estimate of drug-likeness (QED) is 0.830. The molecule has 0 spiro atoms. The SMILES string of the molecule is CC1CCC1.COC(=O)CNC(=O)c1cnccn1. The van der Waals surface area contributed by atoms with Gasteiger partial charge in [0.05, 0.1) is 13.3 Å². The van der Waals surface area contributed by atoms with Gasteiger partial charge in [0.25, 0.3) is 5.91 Å². The highest BCUT2D eigenvalue weighted by atomic mass is 16.5. The van der Waals surface area contributed by atoms with Crippen molar-refractivity contribution in [1.29, 1.82) is 0 Å². The van der Waals surface area contributed by atoms with Gasteiger partial charge in [0.2, 0.25) is 0 Å². The third-order valence-electron chi connectivity index (χ3n) is 2.81. The maximum absolute atomic E-state index is 11.2. The molecule has 1 aliphatic rings. The van der Waals surface area contributed by atoms with Crippen molar-refractivity contribution in [3.8, 4) is 0 Å². The van der Waals surface area contributed by atoms with Crippen LogP contribution in [0.2, 0.25) is 0 Å². The number of esters is 1. The number of nitrogens with one attached hydrogen (secondary N) is 1. The van der Waals surface area contributed by atoms with Crippen molar-refractivity contribution in [3.05, 3.63) is 24.3 Å². The molecule has 0 saturated heterocycles. The van der Waals surface area contributed by atoms with Gasteiger partial charge in [-0.1, -0.05) is 26.2 Å². The number of nitrogens with zero attached hydrogens (tertiary/aromatic N) is 2. The standard InChI is InChI=1S/C8H9N3O3.C5H10/c1-14-7(12)5-11-8(13)6-4-9-2-3-10-6;1-5-3-2-4-5/h2-4H,5H2,1H3,(H,11,13);5H,2-4H2,1H3.